The molecule has 10 nitrogen and oxygen atoms in total. The molecule has 1 saturated heterocycles. The number of anilines is 2. The van der Waals surface area contributed by atoms with Crippen LogP contribution in [0.5, 0.6) is 0 Å². The number of aryl methyl sites for hydroxylation is 1. The van der Waals surface area contributed by atoms with Crippen molar-refractivity contribution in [1.29, 1.82) is 5.41 Å². The second-order valence-corrected chi connectivity index (χ2v) is 12.1. The fourth-order valence-electron chi connectivity index (χ4n) is 5.19. The summed E-state index contributed by atoms with van der Waals surface area (Å²) in [6.45, 7) is 7.24. The number of rotatable bonds is 10. The van der Waals surface area contributed by atoms with Crippen LogP contribution in [0, 0.1) is 24.2 Å². The molecule has 242 valence electrons. The number of fused-ring (bicyclic) bond motifs is 1. The molecule has 1 fully saturated rings. The number of carbonyl (C=O) groups excluding carboxylic acids is 1. The molecular formula is C31H32ClF3N8O2S. The second kappa shape index (κ2) is 14.0. The summed E-state index contributed by atoms with van der Waals surface area (Å²) in [4.78, 5) is 23.9. The molecule has 5 rings (SSSR count). The predicted octanol–water partition coefficient (Wildman–Crippen LogP) is 7.01. The van der Waals surface area contributed by atoms with E-state index in [1.807, 2.05) is 24.3 Å². The number of carbonyl (C=O) groups is 1. The Morgan fingerprint density at radius 2 is 2.00 bits per heavy atom. The summed E-state index contributed by atoms with van der Waals surface area (Å²) in [5.74, 6) is 1.86. The molecule has 0 bridgehead atoms. The fraction of sp³-hybridized carbons (Fsp3) is 0.290. The summed E-state index contributed by atoms with van der Waals surface area (Å²) < 4.78 is 47.3. The van der Waals surface area contributed by atoms with E-state index in [1.165, 1.54) is 6.07 Å². The molecule has 4 aromatic rings. The first kappa shape index (κ1) is 33.1. The van der Waals surface area contributed by atoms with Gasteiger partial charge in [-0.1, -0.05) is 24.6 Å². The first-order chi connectivity index (χ1) is 21.9. The first-order valence-electron chi connectivity index (χ1n) is 14.4. The van der Waals surface area contributed by atoms with E-state index in [4.69, 9.17) is 27.2 Å². The number of aromatic nitrogens is 2. The number of nitrogens with two attached hydrogens (primary N) is 1. The maximum atomic E-state index is 13.0. The van der Waals surface area contributed by atoms with Crippen molar-refractivity contribution in [2.75, 3.05) is 36.8 Å². The number of benzene rings is 2. The highest BCUT2D eigenvalue weighted by Crippen LogP contribution is 2.36. The van der Waals surface area contributed by atoms with Gasteiger partial charge in [-0.2, -0.15) is 18.2 Å². The van der Waals surface area contributed by atoms with Gasteiger partial charge >= 0.3 is 12.2 Å². The zero-order chi connectivity index (χ0) is 33.0. The van der Waals surface area contributed by atoms with Crippen molar-refractivity contribution in [1.82, 2.24) is 19.6 Å². The topological polar surface area (TPSA) is 145 Å². The number of furan rings is 1. The minimum Gasteiger partial charge on any atom is -0.457 e. The number of halogens is 4. The highest BCUT2D eigenvalue weighted by Gasteiger charge is 2.33. The molecule has 2 amide bonds. The van der Waals surface area contributed by atoms with Crippen LogP contribution in [0.3, 0.4) is 0 Å². The number of nitrogens with zero attached hydrogens (tertiary/aromatic N) is 3. The van der Waals surface area contributed by atoms with E-state index >= 15 is 0 Å². The van der Waals surface area contributed by atoms with Crippen LogP contribution in [-0.2, 0) is 6.18 Å². The SMILES string of the molecule is CCN1CC(/C=C/c2cc3cc(C(=N)N)ccc3o2)C(CNc2cc(C)nc(NC(=O)NSc3ccc(C(F)(F)F)c(Cl)c3)n2)C1. The Labute approximate surface area is 272 Å². The Morgan fingerprint density at radius 1 is 1.20 bits per heavy atom. The lowest BCUT2D eigenvalue weighted by atomic mass is 9.95. The molecule has 2 aromatic carbocycles. The van der Waals surface area contributed by atoms with Crippen molar-refractivity contribution in [3.63, 3.8) is 0 Å². The van der Waals surface area contributed by atoms with Gasteiger partial charge in [0.1, 0.15) is 23.0 Å². The Bertz CT molecular complexity index is 1780. The van der Waals surface area contributed by atoms with Gasteiger partial charge in [0.25, 0.3) is 0 Å². The molecular weight excluding hydrogens is 641 g/mol. The average molecular weight is 673 g/mol. The molecule has 15 heteroatoms. The summed E-state index contributed by atoms with van der Waals surface area (Å²) in [5, 5.41) is 14.0. The molecule has 1 aliphatic rings. The van der Waals surface area contributed by atoms with Crippen LogP contribution in [0.15, 0.2) is 63.9 Å². The van der Waals surface area contributed by atoms with Crippen molar-refractivity contribution in [2.45, 2.75) is 24.9 Å². The summed E-state index contributed by atoms with van der Waals surface area (Å²) in [7, 11) is 0. The molecule has 0 spiro atoms. The number of amides is 2. The van der Waals surface area contributed by atoms with Crippen LogP contribution < -0.4 is 21.1 Å². The van der Waals surface area contributed by atoms with E-state index in [9.17, 15) is 18.0 Å². The Morgan fingerprint density at radius 3 is 2.72 bits per heavy atom. The van der Waals surface area contributed by atoms with Crippen molar-refractivity contribution >= 4 is 64.2 Å². The minimum atomic E-state index is -4.57. The number of alkyl halides is 3. The molecule has 1 aliphatic heterocycles. The zero-order valence-electron chi connectivity index (χ0n) is 24.9. The van der Waals surface area contributed by atoms with E-state index < -0.39 is 22.8 Å². The van der Waals surface area contributed by atoms with Gasteiger partial charge in [0, 0.05) is 47.2 Å². The van der Waals surface area contributed by atoms with E-state index in [-0.39, 0.29) is 23.6 Å². The molecule has 0 saturated carbocycles. The maximum Gasteiger partial charge on any atom is 0.417 e. The van der Waals surface area contributed by atoms with Crippen molar-refractivity contribution < 1.29 is 22.4 Å². The molecule has 0 aliphatic carbocycles. The van der Waals surface area contributed by atoms with Crippen molar-refractivity contribution in [3.05, 3.63) is 82.2 Å². The van der Waals surface area contributed by atoms with Gasteiger partial charge in [0.2, 0.25) is 5.95 Å². The standard InChI is InChI=1S/C31H32ClF3N8O2S/c1-3-43-15-19(4-6-22-12-20-11-18(28(36)37)5-9-26(20)45-22)21(16-43)14-38-27-10-17(2)39-29(40-27)41-30(44)42-46-23-7-8-24(25(32)13-23)31(33,34)35/h4-13,19,21H,3,14-16H2,1-2H3,(H3,36,37)(H3,38,39,40,41,42,44)/b6-4+. The Hall–Kier alpha value is -4.27. The molecule has 2 aromatic heterocycles. The van der Waals surface area contributed by atoms with Gasteiger partial charge in [0.05, 0.1) is 10.6 Å². The lowest BCUT2D eigenvalue weighted by molar-refractivity contribution is -0.137. The number of nitrogens with one attached hydrogen (secondary N) is 4. The number of nitrogen functional groups attached to an aromatic ring is 1. The largest absolute Gasteiger partial charge is 0.457 e. The average Bonchev–Trinajstić information content (AvgIpc) is 3.59. The molecule has 2 unspecified atom stereocenters. The maximum absolute atomic E-state index is 13.0. The third-order valence-electron chi connectivity index (χ3n) is 7.50. The van der Waals surface area contributed by atoms with Crippen LogP contribution in [0.4, 0.5) is 29.7 Å². The van der Waals surface area contributed by atoms with Gasteiger partial charge in [0.15, 0.2) is 0 Å². The van der Waals surface area contributed by atoms with Gasteiger partial charge in [-0.15, -0.1) is 0 Å². The van der Waals surface area contributed by atoms with Crippen LogP contribution in [0.25, 0.3) is 17.0 Å². The molecule has 46 heavy (non-hydrogen) atoms. The van der Waals surface area contributed by atoms with Crippen LogP contribution in [-0.4, -0.2) is 52.9 Å². The zero-order valence-corrected chi connectivity index (χ0v) is 26.5. The number of hydrogen-bond donors (Lipinski definition) is 5. The number of likely N-dealkylation sites (tertiary alicyclic amines) is 1. The van der Waals surface area contributed by atoms with Gasteiger partial charge < -0.3 is 20.4 Å². The van der Waals surface area contributed by atoms with E-state index in [0.29, 0.717) is 28.5 Å². The van der Waals surface area contributed by atoms with Gasteiger partial charge in [-0.25, -0.2) is 9.78 Å². The second-order valence-electron chi connectivity index (χ2n) is 10.8. The predicted molar refractivity (Wildman–Crippen MR) is 175 cm³/mol. The molecule has 0 radical (unpaired) electrons. The van der Waals surface area contributed by atoms with Gasteiger partial charge in [-0.05, 0) is 85.8 Å². The van der Waals surface area contributed by atoms with E-state index in [1.54, 1.807) is 19.1 Å². The third kappa shape index (κ3) is 8.30. The summed E-state index contributed by atoms with van der Waals surface area (Å²) in [6.07, 6.45) is -0.422. The van der Waals surface area contributed by atoms with Crippen molar-refractivity contribution in [3.8, 4) is 0 Å². The highest BCUT2D eigenvalue weighted by molar-refractivity contribution is 7.98. The van der Waals surface area contributed by atoms with Crippen molar-refractivity contribution in [2.24, 2.45) is 17.6 Å². The Balaban J connectivity index is 1.19. The molecule has 6 N–H and O–H groups in total. The summed E-state index contributed by atoms with van der Waals surface area (Å²) in [5.41, 5.74) is 6.67. The van der Waals surface area contributed by atoms with E-state index in [0.717, 1.165) is 60.4 Å². The molecule has 2 atom stereocenters. The third-order valence-corrected chi connectivity index (χ3v) is 8.59. The fourth-order valence-corrected chi connectivity index (χ4v) is 6.11. The minimum absolute atomic E-state index is 0.00707. The lowest BCUT2D eigenvalue weighted by Crippen LogP contribution is -2.25. The first-order valence-corrected chi connectivity index (χ1v) is 15.6. The van der Waals surface area contributed by atoms with Crippen LogP contribution in [0.2, 0.25) is 5.02 Å². The normalized spacial score (nSPS) is 17.1. The lowest BCUT2D eigenvalue weighted by Gasteiger charge is -2.17. The summed E-state index contributed by atoms with van der Waals surface area (Å²) >= 11 is 6.57. The Kier molecular flexibility index (Phi) is 10.1. The van der Waals surface area contributed by atoms with Gasteiger partial charge in [-0.3, -0.25) is 15.4 Å². The quantitative estimate of drug-likeness (QED) is 0.0687. The van der Waals surface area contributed by atoms with Crippen LogP contribution in [0.1, 0.15) is 29.5 Å². The number of hydrogen-bond acceptors (Lipinski definition) is 8. The smallest absolute Gasteiger partial charge is 0.417 e. The van der Waals surface area contributed by atoms with E-state index in [2.05, 4.69) is 43.2 Å². The van der Waals surface area contributed by atoms with Crippen LogP contribution >= 0.6 is 23.5 Å². The monoisotopic (exact) mass is 672 g/mol. The summed E-state index contributed by atoms with van der Waals surface area (Å²) in [6, 6.07) is 11.7. The number of urea groups is 1. The number of amidine groups is 1. The highest BCUT2D eigenvalue weighted by atomic mass is 35.5. The molecule has 3 heterocycles.